The standard InChI is InChI=1S/C32H42N6O4/c1-22-5-3-4-6-27(22)38-21-25-7-8-28(33-26-11-15-36(16-12-26)32(41)37-17-19-42-20-18-37)34-30(25)29(31(38)40)24-9-13-35(14-10-24)23(2)39/h3-8,24,26,29H,9-21H2,1-2H3,(H,33,34). The topological polar surface area (TPSA) is 98.3 Å². The summed E-state index contributed by atoms with van der Waals surface area (Å²) in [5.74, 6) is 0.744. The van der Waals surface area contributed by atoms with E-state index in [1.165, 1.54) is 0 Å². The predicted octanol–water partition coefficient (Wildman–Crippen LogP) is 3.61. The first-order valence-electron chi connectivity index (χ1n) is 15.4. The molecule has 0 aliphatic carbocycles. The van der Waals surface area contributed by atoms with Gasteiger partial charge in [-0.25, -0.2) is 9.78 Å². The van der Waals surface area contributed by atoms with Gasteiger partial charge in [-0.15, -0.1) is 0 Å². The maximum Gasteiger partial charge on any atom is 0.320 e. The van der Waals surface area contributed by atoms with Crippen molar-refractivity contribution in [1.82, 2.24) is 19.7 Å². The predicted molar refractivity (Wildman–Crippen MR) is 160 cm³/mol. The number of nitrogens with zero attached hydrogens (tertiary/aromatic N) is 5. The number of aromatic nitrogens is 1. The van der Waals surface area contributed by atoms with Crippen molar-refractivity contribution in [3.05, 3.63) is 53.2 Å². The Balaban J connectivity index is 1.19. The van der Waals surface area contributed by atoms with Crippen molar-refractivity contribution in [3.8, 4) is 0 Å². The van der Waals surface area contributed by atoms with E-state index in [2.05, 4.69) is 11.4 Å². The van der Waals surface area contributed by atoms with E-state index < -0.39 is 0 Å². The number of pyridine rings is 1. The molecule has 224 valence electrons. The average Bonchev–Trinajstić information content (AvgIpc) is 3.02. The summed E-state index contributed by atoms with van der Waals surface area (Å²) in [6.45, 7) is 9.44. The van der Waals surface area contributed by atoms with Gasteiger partial charge in [-0.1, -0.05) is 24.3 Å². The Labute approximate surface area is 248 Å². The third-order valence-electron chi connectivity index (χ3n) is 9.43. The molecule has 0 saturated carbocycles. The van der Waals surface area contributed by atoms with E-state index in [0.717, 1.165) is 54.0 Å². The number of carbonyl (C=O) groups is 3. The SMILES string of the molecule is CC(=O)N1CCC(C2C(=O)N(c3ccccc3C)Cc3ccc(NC4CCN(C(=O)N5CCOCC5)CC4)nc32)CC1. The lowest BCUT2D eigenvalue weighted by Crippen LogP contribution is -2.51. The number of aryl methyl sites for hydroxylation is 1. The summed E-state index contributed by atoms with van der Waals surface area (Å²) in [4.78, 5) is 51.9. The Morgan fingerprint density at radius 3 is 2.24 bits per heavy atom. The molecule has 10 nitrogen and oxygen atoms in total. The van der Waals surface area contributed by atoms with Crippen LogP contribution in [-0.2, 0) is 20.9 Å². The van der Waals surface area contributed by atoms with Crippen molar-refractivity contribution in [3.63, 3.8) is 0 Å². The van der Waals surface area contributed by atoms with Crippen LogP contribution in [0.5, 0.6) is 0 Å². The zero-order valence-electron chi connectivity index (χ0n) is 24.8. The fourth-order valence-corrected chi connectivity index (χ4v) is 6.94. The minimum Gasteiger partial charge on any atom is -0.378 e. The lowest BCUT2D eigenvalue weighted by atomic mass is 9.78. The van der Waals surface area contributed by atoms with Gasteiger partial charge in [0.2, 0.25) is 11.8 Å². The first-order chi connectivity index (χ1) is 20.4. The molecule has 3 fully saturated rings. The Kier molecular flexibility index (Phi) is 8.33. The van der Waals surface area contributed by atoms with Gasteiger partial charge < -0.3 is 29.7 Å². The number of carbonyl (C=O) groups excluding carboxylic acids is 3. The highest BCUT2D eigenvalue weighted by molar-refractivity contribution is 6.00. The molecule has 10 heteroatoms. The molecular weight excluding hydrogens is 532 g/mol. The van der Waals surface area contributed by atoms with Crippen molar-refractivity contribution in [1.29, 1.82) is 0 Å². The summed E-state index contributed by atoms with van der Waals surface area (Å²) < 4.78 is 5.39. The van der Waals surface area contributed by atoms with Crippen LogP contribution in [0.2, 0.25) is 0 Å². The molecule has 2 aromatic rings. The molecule has 0 radical (unpaired) electrons. The third-order valence-corrected chi connectivity index (χ3v) is 9.43. The fraction of sp³-hybridized carbons (Fsp3) is 0.562. The molecule has 1 aromatic carbocycles. The number of hydrogen-bond acceptors (Lipinski definition) is 6. The summed E-state index contributed by atoms with van der Waals surface area (Å²) in [5.41, 5.74) is 3.97. The van der Waals surface area contributed by atoms with E-state index in [4.69, 9.17) is 9.72 Å². The van der Waals surface area contributed by atoms with Crippen molar-refractivity contribution in [2.45, 2.75) is 58.0 Å². The molecule has 5 heterocycles. The second-order valence-corrected chi connectivity index (χ2v) is 12.1. The maximum atomic E-state index is 14.2. The van der Waals surface area contributed by atoms with Crippen LogP contribution in [-0.4, -0.2) is 96.1 Å². The normalized spacial score (nSPS) is 22.2. The van der Waals surface area contributed by atoms with Crippen LogP contribution in [0.4, 0.5) is 16.3 Å². The zero-order valence-corrected chi connectivity index (χ0v) is 24.8. The molecule has 1 aromatic heterocycles. The minimum absolute atomic E-state index is 0.0904. The van der Waals surface area contributed by atoms with Crippen LogP contribution in [0.3, 0.4) is 0 Å². The monoisotopic (exact) mass is 574 g/mol. The highest BCUT2D eigenvalue weighted by Crippen LogP contribution is 2.41. The van der Waals surface area contributed by atoms with Gasteiger partial charge >= 0.3 is 6.03 Å². The van der Waals surface area contributed by atoms with Crippen molar-refractivity contribution >= 4 is 29.4 Å². The number of morpholine rings is 1. The second-order valence-electron chi connectivity index (χ2n) is 12.1. The summed E-state index contributed by atoms with van der Waals surface area (Å²) >= 11 is 0. The van der Waals surface area contributed by atoms with E-state index in [1.54, 1.807) is 6.92 Å². The Morgan fingerprint density at radius 1 is 0.881 bits per heavy atom. The molecule has 0 bridgehead atoms. The molecule has 1 unspecified atom stereocenters. The molecule has 0 spiro atoms. The lowest BCUT2D eigenvalue weighted by molar-refractivity contribution is -0.130. The molecule has 42 heavy (non-hydrogen) atoms. The number of fused-ring (bicyclic) bond motifs is 1. The quantitative estimate of drug-likeness (QED) is 0.599. The van der Waals surface area contributed by atoms with Crippen LogP contribution in [0, 0.1) is 12.8 Å². The van der Waals surface area contributed by atoms with Crippen LogP contribution in [0.1, 0.15) is 55.3 Å². The van der Waals surface area contributed by atoms with Gasteiger partial charge in [-0.2, -0.15) is 0 Å². The minimum atomic E-state index is -0.350. The number of likely N-dealkylation sites (tertiary alicyclic amines) is 2. The number of urea groups is 1. The van der Waals surface area contributed by atoms with Crippen LogP contribution in [0.15, 0.2) is 36.4 Å². The van der Waals surface area contributed by atoms with Gasteiger partial charge in [-0.05, 0) is 61.8 Å². The summed E-state index contributed by atoms with van der Waals surface area (Å²) in [5, 5.41) is 3.62. The highest BCUT2D eigenvalue weighted by Gasteiger charge is 2.42. The van der Waals surface area contributed by atoms with E-state index in [1.807, 2.05) is 56.9 Å². The second kappa shape index (κ2) is 12.3. The first kappa shape index (κ1) is 28.5. The number of benzene rings is 1. The number of anilines is 2. The number of amides is 4. The maximum absolute atomic E-state index is 14.2. The molecule has 1 atom stereocenters. The number of para-hydroxylation sites is 1. The van der Waals surface area contributed by atoms with Crippen molar-refractivity contribution in [2.24, 2.45) is 5.92 Å². The first-order valence-corrected chi connectivity index (χ1v) is 15.4. The van der Waals surface area contributed by atoms with Crippen molar-refractivity contribution in [2.75, 3.05) is 62.7 Å². The Morgan fingerprint density at radius 2 is 1.55 bits per heavy atom. The molecule has 3 saturated heterocycles. The highest BCUT2D eigenvalue weighted by atomic mass is 16.5. The number of hydrogen-bond donors (Lipinski definition) is 1. The van der Waals surface area contributed by atoms with Gasteiger partial charge in [-0.3, -0.25) is 9.59 Å². The average molecular weight is 575 g/mol. The van der Waals surface area contributed by atoms with Crippen LogP contribution < -0.4 is 10.2 Å². The van der Waals surface area contributed by atoms with E-state index in [0.29, 0.717) is 59.0 Å². The third kappa shape index (κ3) is 5.82. The van der Waals surface area contributed by atoms with Crippen LogP contribution >= 0.6 is 0 Å². The molecular formula is C32H42N6O4. The van der Waals surface area contributed by atoms with Gasteiger partial charge in [0.05, 0.1) is 31.4 Å². The smallest absolute Gasteiger partial charge is 0.320 e. The molecule has 4 aliphatic heterocycles. The van der Waals surface area contributed by atoms with E-state index in [-0.39, 0.29) is 35.7 Å². The zero-order chi connectivity index (χ0) is 29.2. The molecule has 6 rings (SSSR count). The van der Waals surface area contributed by atoms with Gasteiger partial charge in [0.25, 0.3) is 0 Å². The van der Waals surface area contributed by atoms with E-state index in [9.17, 15) is 14.4 Å². The van der Waals surface area contributed by atoms with Crippen LogP contribution in [0.25, 0.3) is 0 Å². The van der Waals surface area contributed by atoms with Gasteiger partial charge in [0.1, 0.15) is 5.82 Å². The van der Waals surface area contributed by atoms with E-state index >= 15 is 0 Å². The van der Waals surface area contributed by atoms with Gasteiger partial charge in [0, 0.05) is 57.9 Å². The summed E-state index contributed by atoms with van der Waals surface area (Å²) in [6.07, 6.45) is 3.27. The molecule has 1 N–H and O–H groups in total. The van der Waals surface area contributed by atoms with Gasteiger partial charge in [0.15, 0.2) is 0 Å². The number of rotatable bonds is 4. The largest absolute Gasteiger partial charge is 0.378 e. The number of ether oxygens (including phenoxy) is 1. The Hall–Kier alpha value is -3.66. The number of piperidine rings is 2. The molecule has 4 aliphatic rings. The Bertz CT molecular complexity index is 1310. The molecule has 4 amide bonds. The summed E-state index contributed by atoms with van der Waals surface area (Å²) in [7, 11) is 0. The fourth-order valence-electron chi connectivity index (χ4n) is 6.94. The lowest BCUT2D eigenvalue weighted by Gasteiger charge is -2.41. The number of nitrogens with one attached hydrogen (secondary N) is 1. The van der Waals surface area contributed by atoms with Crippen molar-refractivity contribution < 1.29 is 19.1 Å². The summed E-state index contributed by atoms with van der Waals surface area (Å²) in [6, 6.07) is 12.5.